The maximum absolute atomic E-state index is 13.2. The summed E-state index contributed by atoms with van der Waals surface area (Å²) in [5.74, 6) is -0.239. The highest BCUT2D eigenvalue weighted by Gasteiger charge is 2.33. The first-order valence-electron chi connectivity index (χ1n) is 9.83. The van der Waals surface area contributed by atoms with E-state index in [1.54, 1.807) is 11.3 Å². The van der Waals surface area contributed by atoms with Crippen molar-refractivity contribution in [3.05, 3.63) is 53.2 Å². The maximum atomic E-state index is 13.2. The first-order chi connectivity index (χ1) is 14.6. The molecule has 0 aliphatic carbocycles. The van der Waals surface area contributed by atoms with E-state index in [0.717, 1.165) is 23.5 Å². The van der Waals surface area contributed by atoms with Crippen LogP contribution in [0.2, 0.25) is 0 Å². The average Bonchev–Trinajstić information content (AvgIpc) is 3.38. The lowest BCUT2D eigenvalue weighted by Gasteiger charge is -2.22. The number of hydrogen-bond donors (Lipinski definition) is 0. The van der Waals surface area contributed by atoms with Gasteiger partial charge in [0, 0.05) is 18.7 Å². The van der Waals surface area contributed by atoms with Gasteiger partial charge in [0.15, 0.2) is 11.0 Å². The molecule has 0 unspecified atom stereocenters. The summed E-state index contributed by atoms with van der Waals surface area (Å²) in [6.45, 7) is 3.07. The Balaban J connectivity index is 1.56. The molecular weight excluding hydrogens is 423 g/mol. The van der Waals surface area contributed by atoms with Gasteiger partial charge in [-0.3, -0.25) is 14.5 Å². The van der Waals surface area contributed by atoms with Gasteiger partial charge in [0.25, 0.3) is 5.91 Å². The second kappa shape index (κ2) is 9.09. The molecule has 1 aliphatic heterocycles. The summed E-state index contributed by atoms with van der Waals surface area (Å²) in [6.07, 6.45) is 2.26. The number of carbonyl (C=O) groups excluding carboxylic acids is 2. The smallest absolute Gasteiger partial charge is 0.260 e. The minimum Gasteiger partial charge on any atom is -0.302 e. The van der Waals surface area contributed by atoms with E-state index in [-0.39, 0.29) is 11.8 Å². The molecule has 1 fully saturated rings. The number of hydrogen-bond acceptors (Lipinski definition) is 6. The number of benzene rings is 1. The highest BCUT2D eigenvalue weighted by molar-refractivity contribution is 8.00. The molecule has 30 heavy (non-hydrogen) atoms. The molecular formula is C21H21FN4O2S2. The molecule has 0 spiro atoms. The van der Waals surface area contributed by atoms with Crippen LogP contribution in [0, 0.1) is 5.82 Å². The summed E-state index contributed by atoms with van der Waals surface area (Å²) in [4.78, 5) is 28.4. The molecule has 1 aliphatic rings. The summed E-state index contributed by atoms with van der Waals surface area (Å²) < 4.78 is 15.2. The average molecular weight is 445 g/mol. The van der Waals surface area contributed by atoms with Crippen LogP contribution in [-0.2, 0) is 11.3 Å². The molecule has 9 heteroatoms. The molecule has 0 saturated carbocycles. The molecule has 1 aromatic carbocycles. The minimum atomic E-state index is -0.414. The minimum absolute atomic E-state index is 0.227. The summed E-state index contributed by atoms with van der Waals surface area (Å²) in [7, 11) is 0. The molecule has 156 valence electrons. The number of imide groups is 1. The first kappa shape index (κ1) is 20.7. The Morgan fingerprint density at radius 1 is 1.23 bits per heavy atom. The largest absolute Gasteiger partial charge is 0.302 e. The second-order valence-electron chi connectivity index (χ2n) is 6.93. The van der Waals surface area contributed by atoms with Crippen molar-refractivity contribution < 1.29 is 14.0 Å². The molecule has 0 radical (unpaired) electrons. The van der Waals surface area contributed by atoms with Crippen molar-refractivity contribution in [3.8, 4) is 10.7 Å². The second-order valence-corrected chi connectivity index (χ2v) is 9.05. The summed E-state index contributed by atoms with van der Waals surface area (Å²) in [6, 6.07) is 9.26. The van der Waals surface area contributed by atoms with Crippen molar-refractivity contribution in [2.24, 2.45) is 0 Å². The van der Waals surface area contributed by atoms with E-state index in [4.69, 9.17) is 0 Å². The number of thioether (sulfide) groups is 1. The van der Waals surface area contributed by atoms with Gasteiger partial charge in [0.05, 0.1) is 10.1 Å². The van der Waals surface area contributed by atoms with E-state index in [0.29, 0.717) is 30.2 Å². The molecule has 0 N–H and O–H groups in total. The van der Waals surface area contributed by atoms with Crippen molar-refractivity contribution in [2.45, 2.75) is 43.1 Å². The number of carbonyl (C=O) groups is 2. The maximum Gasteiger partial charge on any atom is 0.260 e. The highest BCUT2D eigenvalue weighted by Crippen LogP contribution is 2.33. The van der Waals surface area contributed by atoms with Gasteiger partial charge in [-0.05, 0) is 55.5 Å². The molecule has 1 atom stereocenters. The van der Waals surface area contributed by atoms with Crippen molar-refractivity contribution in [3.63, 3.8) is 0 Å². The molecule has 6 nitrogen and oxygen atoms in total. The van der Waals surface area contributed by atoms with Crippen molar-refractivity contribution in [2.75, 3.05) is 6.54 Å². The SMILES string of the molecule is CCn1c(S[C@@H]2CCCCN(C(=O)c3ccc(F)cc3)C2=O)nnc1-c1cccs1. The third kappa shape index (κ3) is 4.17. The fourth-order valence-electron chi connectivity index (χ4n) is 3.44. The molecule has 3 heterocycles. The van der Waals surface area contributed by atoms with Crippen LogP contribution < -0.4 is 0 Å². The lowest BCUT2D eigenvalue weighted by Crippen LogP contribution is -2.41. The number of nitrogens with zero attached hydrogens (tertiary/aromatic N) is 4. The Kier molecular flexibility index (Phi) is 6.29. The number of thiophene rings is 1. The molecule has 2 amide bonds. The topological polar surface area (TPSA) is 68.1 Å². The Morgan fingerprint density at radius 2 is 2.03 bits per heavy atom. The van der Waals surface area contributed by atoms with Crippen LogP contribution in [0.25, 0.3) is 10.7 Å². The lowest BCUT2D eigenvalue weighted by molar-refractivity contribution is -0.127. The fraction of sp³-hybridized carbons (Fsp3) is 0.333. The molecule has 4 rings (SSSR count). The van der Waals surface area contributed by atoms with Gasteiger partial charge < -0.3 is 4.57 Å². The number of amides is 2. The van der Waals surface area contributed by atoms with Gasteiger partial charge in [-0.2, -0.15) is 0 Å². The predicted octanol–water partition coefficient (Wildman–Crippen LogP) is 4.48. The zero-order valence-electron chi connectivity index (χ0n) is 16.5. The van der Waals surface area contributed by atoms with E-state index in [1.807, 2.05) is 29.0 Å². The van der Waals surface area contributed by atoms with Gasteiger partial charge in [-0.1, -0.05) is 24.2 Å². The van der Waals surface area contributed by atoms with Crippen molar-refractivity contribution >= 4 is 34.9 Å². The number of halogens is 1. The van der Waals surface area contributed by atoms with E-state index in [2.05, 4.69) is 10.2 Å². The van der Waals surface area contributed by atoms with Crippen molar-refractivity contribution in [1.29, 1.82) is 0 Å². The zero-order chi connectivity index (χ0) is 21.1. The van der Waals surface area contributed by atoms with Gasteiger partial charge in [-0.25, -0.2) is 4.39 Å². The third-order valence-electron chi connectivity index (χ3n) is 5.00. The number of likely N-dealkylation sites (tertiary alicyclic amines) is 1. The zero-order valence-corrected chi connectivity index (χ0v) is 18.1. The summed E-state index contributed by atoms with van der Waals surface area (Å²) >= 11 is 2.96. The molecule has 3 aromatic rings. The van der Waals surface area contributed by atoms with Gasteiger partial charge in [-0.15, -0.1) is 21.5 Å². The van der Waals surface area contributed by atoms with Crippen LogP contribution in [0.3, 0.4) is 0 Å². The van der Waals surface area contributed by atoms with Crippen LogP contribution >= 0.6 is 23.1 Å². The van der Waals surface area contributed by atoms with Crippen molar-refractivity contribution in [1.82, 2.24) is 19.7 Å². The first-order valence-corrected chi connectivity index (χ1v) is 11.6. The van der Waals surface area contributed by atoms with Crippen LogP contribution in [0.4, 0.5) is 4.39 Å². The predicted molar refractivity (Wildman–Crippen MR) is 115 cm³/mol. The molecule has 1 saturated heterocycles. The normalized spacial score (nSPS) is 17.2. The van der Waals surface area contributed by atoms with Crippen LogP contribution in [0.1, 0.15) is 36.5 Å². The Labute approximate surface area is 182 Å². The van der Waals surface area contributed by atoms with E-state index >= 15 is 0 Å². The van der Waals surface area contributed by atoms with E-state index < -0.39 is 11.1 Å². The summed E-state index contributed by atoms with van der Waals surface area (Å²) in [5, 5.41) is 10.9. The van der Waals surface area contributed by atoms with E-state index in [1.165, 1.54) is 40.9 Å². The Bertz CT molecular complexity index is 1030. The molecule has 0 bridgehead atoms. The fourth-order valence-corrected chi connectivity index (χ4v) is 5.36. The van der Waals surface area contributed by atoms with E-state index in [9.17, 15) is 14.0 Å². The van der Waals surface area contributed by atoms with Crippen LogP contribution in [0.15, 0.2) is 46.9 Å². The molecule has 2 aromatic heterocycles. The van der Waals surface area contributed by atoms with Crippen LogP contribution in [-0.4, -0.2) is 43.3 Å². The lowest BCUT2D eigenvalue weighted by atomic mass is 10.2. The Hall–Kier alpha value is -2.52. The monoisotopic (exact) mass is 444 g/mol. The standard InChI is InChI=1S/C21H21FN4O2S2/c1-2-25-18(16-7-5-13-29-16)23-24-21(25)30-17-6-3-4-12-26(20(17)28)19(27)14-8-10-15(22)11-9-14/h5,7-11,13,17H,2-4,6,12H2,1H3/t17-/m1/s1. The van der Waals surface area contributed by atoms with Gasteiger partial charge in [0.2, 0.25) is 5.91 Å². The quantitative estimate of drug-likeness (QED) is 0.543. The summed E-state index contributed by atoms with van der Waals surface area (Å²) in [5.41, 5.74) is 0.312. The Morgan fingerprint density at radius 3 is 2.73 bits per heavy atom. The van der Waals surface area contributed by atoms with Gasteiger partial charge >= 0.3 is 0 Å². The third-order valence-corrected chi connectivity index (χ3v) is 7.10. The van der Waals surface area contributed by atoms with Crippen LogP contribution in [0.5, 0.6) is 0 Å². The highest BCUT2D eigenvalue weighted by atomic mass is 32.2. The van der Waals surface area contributed by atoms with Gasteiger partial charge in [0.1, 0.15) is 5.82 Å². The number of rotatable bonds is 5. The number of aromatic nitrogens is 3.